The molecule has 0 saturated heterocycles. The predicted octanol–water partition coefficient (Wildman–Crippen LogP) is 5.22. The van der Waals surface area contributed by atoms with Gasteiger partial charge in [0.2, 0.25) is 5.96 Å². The number of carbonyl (C=O) groups is 1. The van der Waals surface area contributed by atoms with Gasteiger partial charge in [0.15, 0.2) is 0 Å². The van der Waals surface area contributed by atoms with Crippen molar-refractivity contribution >= 4 is 17.6 Å². The van der Waals surface area contributed by atoms with Crippen molar-refractivity contribution in [1.82, 2.24) is 15.1 Å². The number of methoxy groups -OCH3 is 1. The molecule has 0 unspecified atom stereocenters. The van der Waals surface area contributed by atoms with Crippen LogP contribution in [0, 0.1) is 13.8 Å². The predicted molar refractivity (Wildman–Crippen MR) is 138 cm³/mol. The van der Waals surface area contributed by atoms with E-state index in [9.17, 15) is 4.79 Å². The lowest BCUT2D eigenvalue weighted by Crippen LogP contribution is -2.36. The number of guanidine groups is 1. The number of hydrogen-bond acceptors (Lipinski definition) is 4. The molecule has 1 amide bonds. The van der Waals surface area contributed by atoms with Crippen LogP contribution in [-0.4, -0.2) is 28.8 Å². The van der Waals surface area contributed by atoms with Crippen LogP contribution in [0.3, 0.4) is 0 Å². The maximum Gasteiger partial charge on any atom is 0.257 e. The zero-order chi connectivity index (χ0) is 24.9. The van der Waals surface area contributed by atoms with Gasteiger partial charge in [0.1, 0.15) is 5.75 Å². The van der Waals surface area contributed by atoms with Crippen LogP contribution in [0.15, 0.2) is 53.5 Å². The molecule has 0 aliphatic rings. The second-order valence-corrected chi connectivity index (χ2v) is 9.26. The number of hydrogen-bond donors (Lipinski definition) is 2. The number of nitrogens with zero attached hydrogens (tertiary/aromatic N) is 3. The molecule has 0 fully saturated rings. The molecule has 7 heteroatoms. The third-order valence-electron chi connectivity index (χ3n) is 5.82. The lowest BCUT2D eigenvalue weighted by atomic mass is 9.87. The molecule has 2 aromatic carbocycles. The fraction of sp³-hybridized carbons (Fsp3) is 0.370. The summed E-state index contributed by atoms with van der Waals surface area (Å²) < 4.78 is 7.20. The highest BCUT2D eigenvalue weighted by Crippen LogP contribution is 2.22. The highest BCUT2D eigenvalue weighted by molar-refractivity contribution is 6.10. The molecule has 0 aliphatic heterocycles. The molecule has 3 rings (SSSR count). The largest absolute Gasteiger partial charge is 0.497 e. The smallest absolute Gasteiger partial charge is 0.257 e. The van der Waals surface area contributed by atoms with Gasteiger partial charge in [-0.2, -0.15) is 5.10 Å². The van der Waals surface area contributed by atoms with E-state index >= 15 is 0 Å². The number of anilines is 1. The van der Waals surface area contributed by atoms with Crippen LogP contribution in [0.4, 0.5) is 5.69 Å². The highest BCUT2D eigenvalue weighted by Gasteiger charge is 2.16. The van der Waals surface area contributed by atoms with Crippen LogP contribution in [-0.2, 0) is 18.5 Å². The summed E-state index contributed by atoms with van der Waals surface area (Å²) in [6.45, 7) is 13.7. The van der Waals surface area contributed by atoms with E-state index in [1.54, 1.807) is 7.11 Å². The first-order chi connectivity index (χ1) is 16.1. The monoisotopic (exact) mass is 461 g/mol. The zero-order valence-electron chi connectivity index (χ0n) is 21.2. The van der Waals surface area contributed by atoms with Gasteiger partial charge >= 0.3 is 0 Å². The summed E-state index contributed by atoms with van der Waals surface area (Å²) in [5.74, 6) is 0.904. The molecule has 1 aromatic heterocycles. The number of nitrogens with one attached hydrogen (secondary N) is 2. The van der Waals surface area contributed by atoms with Crippen LogP contribution in [0.1, 0.15) is 60.6 Å². The summed E-state index contributed by atoms with van der Waals surface area (Å²) in [6, 6.07) is 15.2. The maximum absolute atomic E-state index is 13.0. The Labute approximate surface area is 202 Å². The topological polar surface area (TPSA) is 80.5 Å². The van der Waals surface area contributed by atoms with E-state index in [-0.39, 0.29) is 11.3 Å². The summed E-state index contributed by atoms with van der Waals surface area (Å²) in [5.41, 5.74) is 5.64. The van der Waals surface area contributed by atoms with Crippen molar-refractivity contribution in [2.45, 2.75) is 60.0 Å². The highest BCUT2D eigenvalue weighted by atomic mass is 16.5. The van der Waals surface area contributed by atoms with Crippen molar-refractivity contribution in [3.05, 3.63) is 76.6 Å². The quantitative estimate of drug-likeness (QED) is 0.389. The fourth-order valence-corrected chi connectivity index (χ4v) is 3.65. The minimum Gasteiger partial charge on any atom is -0.497 e. The summed E-state index contributed by atoms with van der Waals surface area (Å²) in [6.07, 6.45) is 0. The van der Waals surface area contributed by atoms with E-state index in [2.05, 4.69) is 43.4 Å². The first-order valence-corrected chi connectivity index (χ1v) is 11.5. The molecule has 34 heavy (non-hydrogen) atoms. The van der Waals surface area contributed by atoms with Crippen molar-refractivity contribution in [2.75, 3.05) is 12.4 Å². The molecule has 1 heterocycles. The molecular formula is C27H35N5O2. The van der Waals surface area contributed by atoms with Gasteiger partial charge in [-0.15, -0.1) is 0 Å². The Morgan fingerprint density at radius 1 is 1.06 bits per heavy atom. The normalized spacial score (nSPS) is 11.9. The summed E-state index contributed by atoms with van der Waals surface area (Å²) >= 11 is 0. The molecule has 0 saturated carbocycles. The lowest BCUT2D eigenvalue weighted by Gasteiger charge is -2.19. The molecule has 0 bridgehead atoms. The number of aromatic nitrogens is 2. The standard InChI is InChI=1S/C27H35N5O2/c1-8-32-19(3)24(18(2)31-32)17-28-26(29-22-13-15-23(34-7)16-14-22)30-25(33)20-9-11-21(12-10-20)27(4,5)6/h9-16H,8,17H2,1-7H3,(H2,28,29,30,33). The Morgan fingerprint density at radius 2 is 1.71 bits per heavy atom. The van der Waals surface area contributed by atoms with Crippen molar-refractivity contribution in [3.8, 4) is 5.75 Å². The van der Waals surface area contributed by atoms with Gasteiger partial charge in [-0.3, -0.25) is 14.8 Å². The van der Waals surface area contributed by atoms with Crippen molar-refractivity contribution < 1.29 is 9.53 Å². The molecule has 0 spiro atoms. The van der Waals surface area contributed by atoms with E-state index in [1.807, 2.05) is 67.1 Å². The fourth-order valence-electron chi connectivity index (χ4n) is 3.65. The van der Waals surface area contributed by atoms with Crippen LogP contribution < -0.4 is 15.4 Å². The number of ether oxygens (including phenoxy) is 1. The first kappa shape index (κ1) is 25.0. The van der Waals surface area contributed by atoms with E-state index in [0.717, 1.165) is 34.9 Å². The Hall–Kier alpha value is -3.61. The van der Waals surface area contributed by atoms with Gasteiger partial charge in [-0.1, -0.05) is 32.9 Å². The molecule has 0 radical (unpaired) electrons. The first-order valence-electron chi connectivity index (χ1n) is 11.5. The van der Waals surface area contributed by atoms with Gasteiger partial charge in [0, 0.05) is 29.1 Å². The van der Waals surface area contributed by atoms with Crippen LogP contribution in [0.25, 0.3) is 0 Å². The maximum atomic E-state index is 13.0. The number of benzene rings is 2. The number of rotatable bonds is 6. The molecule has 7 nitrogen and oxygen atoms in total. The lowest BCUT2D eigenvalue weighted by molar-refractivity contribution is 0.0977. The molecule has 0 atom stereocenters. The SMILES string of the molecule is CCn1nc(C)c(CN=C(NC(=O)c2ccc(C(C)(C)C)cc2)Nc2ccc(OC)cc2)c1C. The van der Waals surface area contributed by atoms with Crippen molar-refractivity contribution in [3.63, 3.8) is 0 Å². The molecule has 180 valence electrons. The summed E-state index contributed by atoms with van der Waals surface area (Å²) in [4.78, 5) is 17.7. The minimum atomic E-state index is -0.224. The number of aryl methyl sites for hydroxylation is 2. The number of carbonyl (C=O) groups excluding carboxylic acids is 1. The Bertz CT molecular complexity index is 1150. The Balaban J connectivity index is 1.85. The number of amides is 1. The summed E-state index contributed by atoms with van der Waals surface area (Å²) in [5, 5.41) is 10.7. The summed E-state index contributed by atoms with van der Waals surface area (Å²) in [7, 11) is 1.63. The third-order valence-corrected chi connectivity index (χ3v) is 5.82. The van der Waals surface area contributed by atoms with Gasteiger partial charge in [0.05, 0.1) is 19.3 Å². The van der Waals surface area contributed by atoms with Crippen molar-refractivity contribution in [2.24, 2.45) is 4.99 Å². The average molecular weight is 462 g/mol. The minimum absolute atomic E-state index is 0.0240. The second-order valence-electron chi connectivity index (χ2n) is 9.26. The van der Waals surface area contributed by atoms with E-state index < -0.39 is 0 Å². The van der Waals surface area contributed by atoms with Gasteiger partial charge in [-0.05, 0) is 68.1 Å². The number of aliphatic imine (C=N–C) groups is 1. The molecular weight excluding hydrogens is 426 g/mol. The van der Waals surface area contributed by atoms with Crippen molar-refractivity contribution in [1.29, 1.82) is 0 Å². The molecule has 0 aliphatic carbocycles. The van der Waals surface area contributed by atoms with Crippen LogP contribution >= 0.6 is 0 Å². The second kappa shape index (κ2) is 10.5. The van der Waals surface area contributed by atoms with E-state index in [4.69, 9.17) is 9.73 Å². The Kier molecular flexibility index (Phi) is 7.76. The molecule has 3 aromatic rings. The third kappa shape index (κ3) is 6.04. The van der Waals surface area contributed by atoms with Gasteiger partial charge < -0.3 is 10.1 Å². The molecule has 2 N–H and O–H groups in total. The van der Waals surface area contributed by atoms with E-state index in [0.29, 0.717) is 18.1 Å². The zero-order valence-corrected chi connectivity index (χ0v) is 21.2. The van der Waals surface area contributed by atoms with Crippen LogP contribution in [0.5, 0.6) is 5.75 Å². The van der Waals surface area contributed by atoms with E-state index in [1.165, 1.54) is 5.56 Å². The average Bonchev–Trinajstić information content (AvgIpc) is 3.09. The van der Waals surface area contributed by atoms with Crippen LogP contribution in [0.2, 0.25) is 0 Å². The Morgan fingerprint density at radius 3 is 2.24 bits per heavy atom. The van der Waals surface area contributed by atoms with Gasteiger partial charge in [0.25, 0.3) is 5.91 Å². The van der Waals surface area contributed by atoms with Gasteiger partial charge in [-0.25, -0.2) is 4.99 Å².